The Morgan fingerprint density at radius 1 is 1.38 bits per heavy atom. The summed E-state index contributed by atoms with van der Waals surface area (Å²) in [6, 6.07) is 0.981. The number of nitro benzene ring substituents is 1. The van der Waals surface area contributed by atoms with E-state index in [1.807, 2.05) is 0 Å². The van der Waals surface area contributed by atoms with Gasteiger partial charge in [-0.05, 0) is 18.9 Å². The number of nitro groups is 1. The molecule has 1 amide bonds. The molecule has 0 N–H and O–H groups in total. The van der Waals surface area contributed by atoms with Crippen LogP contribution in [-0.2, 0) is 4.74 Å². The lowest BCUT2D eigenvalue weighted by molar-refractivity contribution is -0.387. The van der Waals surface area contributed by atoms with E-state index in [0.29, 0.717) is 38.2 Å². The first-order valence-electron chi connectivity index (χ1n) is 6.40. The molecule has 1 aliphatic rings. The number of hydrogen-bond donors (Lipinski definition) is 0. The SMILES string of the molecule is CN(C(=O)c1cc(F)cc([N+](=O)[O-])c1F)C1CCOCC1. The highest BCUT2D eigenvalue weighted by molar-refractivity contribution is 5.95. The Morgan fingerprint density at radius 3 is 2.57 bits per heavy atom. The molecule has 0 atom stereocenters. The van der Waals surface area contributed by atoms with Crippen LogP contribution >= 0.6 is 0 Å². The second kappa shape index (κ2) is 6.13. The maximum absolute atomic E-state index is 14.0. The van der Waals surface area contributed by atoms with Gasteiger partial charge in [-0.15, -0.1) is 0 Å². The van der Waals surface area contributed by atoms with Gasteiger partial charge in [0, 0.05) is 26.3 Å². The number of hydrogen-bond acceptors (Lipinski definition) is 4. The quantitative estimate of drug-likeness (QED) is 0.633. The number of nitrogens with zero attached hydrogens (tertiary/aromatic N) is 2. The van der Waals surface area contributed by atoms with Crippen LogP contribution < -0.4 is 0 Å². The Kier molecular flexibility index (Phi) is 4.46. The molecule has 21 heavy (non-hydrogen) atoms. The van der Waals surface area contributed by atoms with Gasteiger partial charge in [0.15, 0.2) is 0 Å². The average Bonchev–Trinajstić information content (AvgIpc) is 2.48. The van der Waals surface area contributed by atoms with Crippen LogP contribution in [0.1, 0.15) is 23.2 Å². The maximum Gasteiger partial charge on any atom is 0.308 e. The zero-order chi connectivity index (χ0) is 15.6. The molecule has 1 aromatic rings. The lowest BCUT2D eigenvalue weighted by Gasteiger charge is -2.31. The molecule has 0 aromatic heterocycles. The van der Waals surface area contributed by atoms with Gasteiger partial charge in [0.1, 0.15) is 5.82 Å². The van der Waals surface area contributed by atoms with Gasteiger partial charge in [0.05, 0.1) is 16.6 Å². The lowest BCUT2D eigenvalue weighted by Crippen LogP contribution is -2.41. The summed E-state index contributed by atoms with van der Waals surface area (Å²) in [5.41, 5.74) is -1.67. The van der Waals surface area contributed by atoms with Gasteiger partial charge < -0.3 is 9.64 Å². The van der Waals surface area contributed by atoms with Crippen LogP contribution in [0, 0.1) is 21.7 Å². The van der Waals surface area contributed by atoms with Crippen molar-refractivity contribution >= 4 is 11.6 Å². The average molecular weight is 300 g/mol. The van der Waals surface area contributed by atoms with Crippen molar-refractivity contribution in [2.45, 2.75) is 18.9 Å². The first kappa shape index (κ1) is 15.3. The van der Waals surface area contributed by atoms with E-state index in [1.165, 1.54) is 11.9 Å². The van der Waals surface area contributed by atoms with E-state index >= 15 is 0 Å². The van der Waals surface area contributed by atoms with Crippen LogP contribution in [0.2, 0.25) is 0 Å². The highest BCUT2D eigenvalue weighted by Crippen LogP contribution is 2.25. The van der Waals surface area contributed by atoms with E-state index in [1.54, 1.807) is 0 Å². The minimum Gasteiger partial charge on any atom is -0.381 e. The van der Waals surface area contributed by atoms with E-state index in [2.05, 4.69) is 0 Å². The zero-order valence-corrected chi connectivity index (χ0v) is 11.3. The summed E-state index contributed by atoms with van der Waals surface area (Å²) in [6.07, 6.45) is 1.17. The molecule has 0 unspecified atom stereocenters. The van der Waals surface area contributed by atoms with Crippen LogP contribution in [0.5, 0.6) is 0 Å². The number of ether oxygens (including phenoxy) is 1. The molecule has 1 saturated heterocycles. The Bertz CT molecular complexity index is 574. The van der Waals surface area contributed by atoms with Crippen molar-refractivity contribution in [2.24, 2.45) is 0 Å². The van der Waals surface area contributed by atoms with Gasteiger partial charge in [-0.25, -0.2) is 4.39 Å². The summed E-state index contributed by atoms with van der Waals surface area (Å²) in [4.78, 5) is 23.2. The highest BCUT2D eigenvalue weighted by atomic mass is 19.1. The number of halogens is 2. The fraction of sp³-hybridized carbons (Fsp3) is 0.462. The molecular weight excluding hydrogens is 286 g/mol. The predicted molar refractivity (Wildman–Crippen MR) is 68.9 cm³/mol. The molecule has 0 saturated carbocycles. The van der Waals surface area contributed by atoms with Gasteiger partial charge >= 0.3 is 5.69 Å². The number of rotatable bonds is 3. The number of carbonyl (C=O) groups is 1. The minimum absolute atomic E-state index is 0.159. The summed E-state index contributed by atoms with van der Waals surface area (Å²) in [6.45, 7) is 0.960. The Balaban J connectivity index is 2.32. The molecule has 1 heterocycles. The van der Waals surface area contributed by atoms with Crippen LogP contribution in [0.4, 0.5) is 14.5 Å². The van der Waals surface area contributed by atoms with Crippen LogP contribution in [0.25, 0.3) is 0 Å². The molecule has 0 bridgehead atoms. The third-order valence-corrected chi connectivity index (χ3v) is 3.50. The molecule has 1 fully saturated rings. The summed E-state index contributed by atoms with van der Waals surface area (Å²) in [5, 5.41) is 10.7. The highest BCUT2D eigenvalue weighted by Gasteiger charge is 2.29. The molecule has 8 heteroatoms. The van der Waals surface area contributed by atoms with Crippen molar-refractivity contribution in [3.05, 3.63) is 39.4 Å². The predicted octanol–water partition coefficient (Wildman–Crippen LogP) is 2.12. The summed E-state index contributed by atoms with van der Waals surface area (Å²) < 4.78 is 32.5. The molecule has 1 aromatic carbocycles. The van der Waals surface area contributed by atoms with Gasteiger partial charge in [0.25, 0.3) is 5.91 Å². The first-order chi connectivity index (χ1) is 9.91. The summed E-state index contributed by atoms with van der Waals surface area (Å²) in [7, 11) is 1.47. The first-order valence-corrected chi connectivity index (χ1v) is 6.40. The van der Waals surface area contributed by atoms with E-state index in [-0.39, 0.29) is 6.04 Å². The largest absolute Gasteiger partial charge is 0.381 e. The second-order valence-corrected chi connectivity index (χ2v) is 4.80. The topological polar surface area (TPSA) is 72.7 Å². The minimum atomic E-state index is -1.31. The van der Waals surface area contributed by atoms with Crippen LogP contribution in [-0.4, -0.2) is 42.0 Å². The van der Waals surface area contributed by atoms with Crippen molar-refractivity contribution in [3.63, 3.8) is 0 Å². The molecule has 1 aliphatic heterocycles. The molecule has 114 valence electrons. The monoisotopic (exact) mass is 300 g/mol. The Hall–Kier alpha value is -2.09. The third-order valence-electron chi connectivity index (χ3n) is 3.50. The van der Waals surface area contributed by atoms with Gasteiger partial charge in [-0.2, -0.15) is 4.39 Å². The van der Waals surface area contributed by atoms with Gasteiger partial charge in [-0.3, -0.25) is 14.9 Å². The van der Waals surface area contributed by atoms with E-state index in [0.717, 1.165) is 0 Å². The lowest BCUT2D eigenvalue weighted by atomic mass is 10.1. The number of amides is 1. The van der Waals surface area contributed by atoms with Gasteiger partial charge in [-0.1, -0.05) is 0 Å². The molecular formula is C13H14F2N2O4. The smallest absolute Gasteiger partial charge is 0.308 e. The van der Waals surface area contributed by atoms with Crippen molar-refractivity contribution in [2.75, 3.05) is 20.3 Å². The molecule has 2 rings (SSSR count). The Labute approximate surface area is 119 Å². The van der Waals surface area contributed by atoms with Crippen LogP contribution in [0.15, 0.2) is 12.1 Å². The van der Waals surface area contributed by atoms with Crippen molar-refractivity contribution in [1.82, 2.24) is 4.90 Å². The van der Waals surface area contributed by atoms with Crippen molar-refractivity contribution in [3.8, 4) is 0 Å². The standard InChI is InChI=1S/C13H14F2N2O4/c1-16(9-2-4-21-5-3-9)13(18)10-6-8(14)7-11(12(10)15)17(19)20/h6-7,9H,2-5H2,1H3. The van der Waals surface area contributed by atoms with E-state index in [9.17, 15) is 23.7 Å². The fourth-order valence-corrected chi connectivity index (χ4v) is 2.29. The maximum atomic E-state index is 14.0. The number of benzene rings is 1. The molecule has 6 nitrogen and oxygen atoms in total. The number of carbonyl (C=O) groups excluding carboxylic acids is 1. The van der Waals surface area contributed by atoms with E-state index in [4.69, 9.17) is 4.74 Å². The molecule has 0 radical (unpaired) electrons. The second-order valence-electron chi connectivity index (χ2n) is 4.80. The normalized spacial score (nSPS) is 15.8. The summed E-state index contributed by atoms with van der Waals surface area (Å²) >= 11 is 0. The van der Waals surface area contributed by atoms with Crippen molar-refractivity contribution in [1.29, 1.82) is 0 Å². The van der Waals surface area contributed by atoms with Gasteiger partial charge in [0.2, 0.25) is 5.82 Å². The fourth-order valence-electron chi connectivity index (χ4n) is 2.29. The summed E-state index contributed by atoms with van der Waals surface area (Å²) in [5.74, 6) is -3.11. The molecule has 0 spiro atoms. The van der Waals surface area contributed by atoms with E-state index < -0.39 is 33.7 Å². The van der Waals surface area contributed by atoms with Crippen molar-refractivity contribution < 1.29 is 23.2 Å². The third kappa shape index (κ3) is 3.15. The Morgan fingerprint density at radius 2 is 2.00 bits per heavy atom. The van der Waals surface area contributed by atoms with Crippen LogP contribution in [0.3, 0.4) is 0 Å². The molecule has 0 aliphatic carbocycles. The zero-order valence-electron chi connectivity index (χ0n) is 11.3.